The number of rotatable bonds is 5. The van der Waals surface area contributed by atoms with E-state index in [0.717, 1.165) is 10.9 Å². The average molecular weight is 333 g/mol. The van der Waals surface area contributed by atoms with Crippen LogP contribution in [0.5, 0.6) is 0 Å². The van der Waals surface area contributed by atoms with Gasteiger partial charge >= 0.3 is 0 Å². The van der Waals surface area contributed by atoms with Gasteiger partial charge in [0, 0.05) is 30.3 Å². The van der Waals surface area contributed by atoms with Crippen LogP contribution in [0.25, 0.3) is 0 Å². The summed E-state index contributed by atoms with van der Waals surface area (Å²) in [5.41, 5.74) is 3.87. The number of hydrogen-bond acceptors (Lipinski definition) is 2. The molecule has 0 saturated heterocycles. The standard InChI is InChI=1S/C17H21BrN2/c1-19-17(12-13-5-4-6-15(18)11-13)14-7-9-16(10-8-14)20(2)3/h4-11,17,19H,12H2,1-3H3. The molecule has 2 aromatic rings. The highest BCUT2D eigenvalue weighted by molar-refractivity contribution is 9.10. The summed E-state index contributed by atoms with van der Waals surface area (Å²) in [5, 5.41) is 3.41. The molecule has 0 fully saturated rings. The third kappa shape index (κ3) is 3.84. The summed E-state index contributed by atoms with van der Waals surface area (Å²) in [6.07, 6.45) is 0.983. The molecule has 0 spiro atoms. The van der Waals surface area contributed by atoms with Crippen LogP contribution in [-0.4, -0.2) is 21.1 Å². The molecule has 20 heavy (non-hydrogen) atoms. The number of anilines is 1. The van der Waals surface area contributed by atoms with Crippen LogP contribution >= 0.6 is 15.9 Å². The van der Waals surface area contributed by atoms with Crippen molar-refractivity contribution in [2.24, 2.45) is 0 Å². The molecule has 1 atom stereocenters. The maximum Gasteiger partial charge on any atom is 0.0361 e. The Kier molecular flexibility index (Phi) is 5.21. The van der Waals surface area contributed by atoms with Crippen molar-refractivity contribution >= 4 is 21.6 Å². The second kappa shape index (κ2) is 6.91. The Hall–Kier alpha value is -1.32. The van der Waals surface area contributed by atoms with Crippen LogP contribution < -0.4 is 10.2 Å². The summed E-state index contributed by atoms with van der Waals surface area (Å²) in [5.74, 6) is 0. The van der Waals surface area contributed by atoms with Crippen molar-refractivity contribution in [3.63, 3.8) is 0 Å². The first-order valence-electron chi connectivity index (χ1n) is 6.79. The number of hydrogen-bond donors (Lipinski definition) is 1. The lowest BCUT2D eigenvalue weighted by atomic mass is 9.99. The van der Waals surface area contributed by atoms with E-state index in [0.29, 0.717) is 6.04 Å². The van der Waals surface area contributed by atoms with Crippen molar-refractivity contribution in [1.82, 2.24) is 5.32 Å². The second-order valence-electron chi connectivity index (χ2n) is 5.16. The molecule has 106 valence electrons. The molecular weight excluding hydrogens is 312 g/mol. The molecule has 0 bridgehead atoms. The molecule has 0 aromatic heterocycles. The zero-order chi connectivity index (χ0) is 14.5. The number of likely N-dealkylation sites (N-methyl/N-ethyl adjacent to an activating group) is 1. The Labute approximate surface area is 129 Å². The topological polar surface area (TPSA) is 15.3 Å². The van der Waals surface area contributed by atoms with Crippen LogP contribution in [0.4, 0.5) is 5.69 Å². The van der Waals surface area contributed by atoms with E-state index >= 15 is 0 Å². The number of nitrogens with one attached hydrogen (secondary N) is 1. The summed E-state index contributed by atoms with van der Waals surface area (Å²) in [7, 11) is 6.14. The minimum Gasteiger partial charge on any atom is -0.378 e. The Morgan fingerprint density at radius 3 is 2.35 bits per heavy atom. The average Bonchev–Trinajstić information content (AvgIpc) is 2.45. The molecular formula is C17H21BrN2. The van der Waals surface area contributed by atoms with Crippen LogP contribution in [0, 0.1) is 0 Å². The summed E-state index contributed by atoms with van der Waals surface area (Å²) in [6.45, 7) is 0. The zero-order valence-electron chi connectivity index (χ0n) is 12.2. The largest absolute Gasteiger partial charge is 0.378 e. The van der Waals surface area contributed by atoms with Crippen molar-refractivity contribution in [3.05, 3.63) is 64.1 Å². The van der Waals surface area contributed by atoms with E-state index in [-0.39, 0.29) is 0 Å². The lowest BCUT2D eigenvalue weighted by molar-refractivity contribution is 0.592. The monoisotopic (exact) mass is 332 g/mol. The smallest absolute Gasteiger partial charge is 0.0361 e. The van der Waals surface area contributed by atoms with E-state index in [4.69, 9.17) is 0 Å². The minimum absolute atomic E-state index is 0.334. The van der Waals surface area contributed by atoms with Gasteiger partial charge in [-0.2, -0.15) is 0 Å². The second-order valence-corrected chi connectivity index (χ2v) is 6.08. The fraction of sp³-hybridized carbons (Fsp3) is 0.294. The molecule has 1 unspecified atom stereocenters. The van der Waals surface area contributed by atoms with E-state index in [1.165, 1.54) is 16.8 Å². The van der Waals surface area contributed by atoms with Gasteiger partial charge in [0.05, 0.1) is 0 Å². The van der Waals surface area contributed by atoms with Crippen molar-refractivity contribution in [1.29, 1.82) is 0 Å². The van der Waals surface area contributed by atoms with Gasteiger partial charge in [-0.1, -0.05) is 40.2 Å². The van der Waals surface area contributed by atoms with E-state index < -0.39 is 0 Å². The maximum absolute atomic E-state index is 3.53. The molecule has 0 heterocycles. The lowest BCUT2D eigenvalue weighted by Crippen LogP contribution is -2.19. The summed E-state index contributed by atoms with van der Waals surface area (Å²) >= 11 is 3.53. The minimum atomic E-state index is 0.334. The van der Waals surface area contributed by atoms with Crippen LogP contribution in [-0.2, 0) is 6.42 Å². The van der Waals surface area contributed by atoms with Gasteiger partial charge in [-0.05, 0) is 48.9 Å². The fourth-order valence-electron chi connectivity index (χ4n) is 2.29. The predicted octanol–water partition coefficient (Wildman–Crippen LogP) is 4.02. The zero-order valence-corrected chi connectivity index (χ0v) is 13.8. The number of nitrogens with zero attached hydrogens (tertiary/aromatic N) is 1. The van der Waals surface area contributed by atoms with Crippen molar-refractivity contribution in [2.75, 3.05) is 26.0 Å². The maximum atomic E-state index is 3.53. The van der Waals surface area contributed by atoms with Crippen LogP contribution in [0.15, 0.2) is 53.0 Å². The number of benzene rings is 2. The highest BCUT2D eigenvalue weighted by atomic mass is 79.9. The third-order valence-electron chi connectivity index (χ3n) is 3.49. The predicted molar refractivity (Wildman–Crippen MR) is 90.4 cm³/mol. The quantitative estimate of drug-likeness (QED) is 0.889. The van der Waals surface area contributed by atoms with Crippen LogP contribution in [0.1, 0.15) is 17.2 Å². The van der Waals surface area contributed by atoms with E-state index in [2.05, 4.69) is 88.8 Å². The highest BCUT2D eigenvalue weighted by Crippen LogP contribution is 2.22. The first kappa shape index (κ1) is 15.1. The molecule has 3 heteroatoms. The van der Waals surface area contributed by atoms with Gasteiger partial charge in [-0.15, -0.1) is 0 Å². The van der Waals surface area contributed by atoms with E-state index in [9.17, 15) is 0 Å². The molecule has 0 aliphatic heterocycles. The van der Waals surface area contributed by atoms with Gasteiger partial charge in [0.25, 0.3) is 0 Å². The van der Waals surface area contributed by atoms with Crippen LogP contribution in [0.2, 0.25) is 0 Å². The molecule has 0 aliphatic carbocycles. The molecule has 1 N–H and O–H groups in total. The number of halogens is 1. The SMILES string of the molecule is CNC(Cc1cccc(Br)c1)c1ccc(N(C)C)cc1. The highest BCUT2D eigenvalue weighted by Gasteiger charge is 2.10. The summed E-state index contributed by atoms with van der Waals surface area (Å²) in [6, 6.07) is 17.6. The summed E-state index contributed by atoms with van der Waals surface area (Å²) in [4.78, 5) is 2.12. The molecule has 0 saturated carbocycles. The molecule has 0 amide bonds. The fourth-order valence-corrected chi connectivity index (χ4v) is 2.74. The Bertz CT molecular complexity index is 549. The summed E-state index contributed by atoms with van der Waals surface area (Å²) < 4.78 is 1.13. The van der Waals surface area contributed by atoms with E-state index in [1.54, 1.807) is 0 Å². The molecule has 0 radical (unpaired) electrons. The van der Waals surface area contributed by atoms with Gasteiger partial charge in [0.2, 0.25) is 0 Å². The molecule has 2 nitrogen and oxygen atoms in total. The van der Waals surface area contributed by atoms with Crippen molar-refractivity contribution < 1.29 is 0 Å². The van der Waals surface area contributed by atoms with Gasteiger partial charge in [0.15, 0.2) is 0 Å². The van der Waals surface area contributed by atoms with Gasteiger partial charge in [-0.3, -0.25) is 0 Å². The van der Waals surface area contributed by atoms with Gasteiger partial charge in [0.1, 0.15) is 0 Å². The Morgan fingerprint density at radius 1 is 1.10 bits per heavy atom. The first-order chi connectivity index (χ1) is 9.60. The van der Waals surface area contributed by atoms with E-state index in [1.807, 2.05) is 7.05 Å². The van der Waals surface area contributed by atoms with Crippen molar-refractivity contribution in [3.8, 4) is 0 Å². The third-order valence-corrected chi connectivity index (χ3v) is 3.98. The first-order valence-corrected chi connectivity index (χ1v) is 7.58. The normalized spacial score (nSPS) is 12.2. The Balaban J connectivity index is 2.15. The Morgan fingerprint density at radius 2 is 1.80 bits per heavy atom. The molecule has 2 rings (SSSR count). The molecule has 2 aromatic carbocycles. The van der Waals surface area contributed by atoms with Crippen molar-refractivity contribution in [2.45, 2.75) is 12.5 Å². The van der Waals surface area contributed by atoms with Gasteiger partial charge < -0.3 is 10.2 Å². The van der Waals surface area contributed by atoms with Gasteiger partial charge in [-0.25, -0.2) is 0 Å². The lowest BCUT2D eigenvalue weighted by Gasteiger charge is -2.19. The molecule has 0 aliphatic rings. The van der Waals surface area contributed by atoms with Crippen LogP contribution in [0.3, 0.4) is 0 Å².